The average molecular weight is 252 g/mol. The molecule has 0 atom stereocenters. The van der Waals surface area contributed by atoms with Gasteiger partial charge in [-0.1, -0.05) is 6.07 Å². The molecule has 0 aliphatic rings. The van der Waals surface area contributed by atoms with Gasteiger partial charge in [0.05, 0.1) is 4.90 Å². The highest BCUT2D eigenvalue weighted by Gasteiger charge is 2.12. The van der Waals surface area contributed by atoms with E-state index in [9.17, 15) is 13.5 Å². The lowest BCUT2D eigenvalue weighted by molar-refractivity contribution is 0.468. The molecule has 0 spiro atoms. The summed E-state index contributed by atoms with van der Waals surface area (Å²) in [6.07, 6.45) is 0. The highest BCUT2D eigenvalue weighted by molar-refractivity contribution is 7.85. The number of aromatic hydroxyl groups is 1. The van der Waals surface area contributed by atoms with Crippen molar-refractivity contribution in [3.8, 4) is 5.75 Å². The van der Waals surface area contributed by atoms with E-state index in [2.05, 4.69) is 0 Å². The molecule has 0 radical (unpaired) electrons. The predicted octanol–water partition coefficient (Wildman–Crippen LogP) is 2.41. The van der Waals surface area contributed by atoms with Crippen molar-refractivity contribution in [1.82, 2.24) is 0 Å². The van der Waals surface area contributed by atoms with Crippen molar-refractivity contribution in [3.63, 3.8) is 0 Å². The van der Waals surface area contributed by atoms with Gasteiger partial charge in [0.2, 0.25) is 0 Å². The molecule has 2 N–H and O–H groups in total. The molecule has 17 heavy (non-hydrogen) atoms. The molecule has 0 aliphatic heterocycles. The van der Waals surface area contributed by atoms with Crippen LogP contribution in [-0.4, -0.2) is 18.1 Å². The minimum absolute atomic E-state index is 0.144. The van der Waals surface area contributed by atoms with Crippen molar-refractivity contribution in [2.45, 2.75) is 18.7 Å². The third-order valence-corrected chi connectivity index (χ3v) is 3.68. The van der Waals surface area contributed by atoms with Crippen LogP contribution in [0.5, 0.6) is 5.75 Å². The Kier molecular flexibility index (Phi) is 2.60. The molecule has 90 valence electrons. The highest BCUT2D eigenvalue weighted by atomic mass is 32.2. The minimum atomic E-state index is -4.19. The topological polar surface area (TPSA) is 74.6 Å². The Morgan fingerprint density at radius 3 is 2.35 bits per heavy atom. The van der Waals surface area contributed by atoms with E-state index in [0.29, 0.717) is 16.5 Å². The molecule has 0 unspecified atom stereocenters. The molecule has 0 aromatic heterocycles. The molecule has 0 saturated heterocycles. The van der Waals surface area contributed by atoms with E-state index >= 15 is 0 Å². The first-order chi connectivity index (χ1) is 7.80. The predicted molar refractivity (Wildman–Crippen MR) is 64.9 cm³/mol. The van der Waals surface area contributed by atoms with Gasteiger partial charge in [0.1, 0.15) is 5.75 Å². The molecule has 2 aromatic rings. The number of aryl methyl sites for hydroxylation is 2. The second kappa shape index (κ2) is 3.72. The lowest BCUT2D eigenvalue weighted by atomic mass is 10.0. The SMILES string of the molecule is Cc1cc2cc(S(=O)(=O)O)ccc2c(C)c1O. The van der Waals surface area contributed by atoms with Crippen LogP contribution < -0.4 is 0 Å². The molecule has 0 saturated carbocycles. The monoisotopic (exact) mass is 252 g/mol. The van der Waals surface area contributed by atoms with Crippen LogP contribution in [0, 0.1) is 13.8 Å². The first-order valence-corrected chi connectivity index (χ1v) is 6.45. The van der Waals surface area contributed by atoms with Crippen LogP contribution >= 0.6 is 0 Å². The van der Waals surface area contributed by atoms with Gasteiger partial charge in [-0.15, -0.1) is 0 Å². The maximum atomic E-state index is 11.0. The van der Waals surface area contributed by atoms with Gasteiger partial charge in [0.15, 0.2) is 0 Å². The molecule has 2 aromatic carbocycles. The summed E-state index contributed by atoms with van der Waals surface area (Å²) in [6, 6.07) is 5.98. The largest absolute Gasteiger partial charge is 0.507 e. The Morgan fingerprint density at radius 1 is 1.12 bits per heavy atom. The normalized spacial score (nSPS) is 11.9. The molecule has 0 heterocycles. The first-order valence-electron chi connectivity index (χ1n) is 5.01. The number of phenolic OH excluding ortho intramolecular Hbond substituents is 1. The van der Waals surface area contributed by atoms with Crippen molar-refractivity contribution in [2.24, 2.45) is 0 Å². The van der Waals surface area contributed by atoms with E-state index in [0.717, 1.165) is 5.39 Å². The molecule has 0 amide bonds. The molecule has 0 aliphatic carbocycles. The summed E-state index contributed by atoms with van der Waals surface area (Å²) in [5, 5.41) is 11.2. The summed E-state index contributed by atoms with van der Waals surface area (Å²) in [7, 11) is -4.19. The van der Waals surface area contributed by atoms with Gasteiger partial charge >= 0.3 is 0 Å². The van der Waals surface area contributed by atoms with Crippen molar-refractivity contribution >= 4 is 20.9 Å². The maximum Gasteiger partial charge on any atom is 0.294 e. The summed E-state index contributed by atoms with van der Waals surface area (Å²) in [5.41, 5.74) is 1.37. The number of rotatable bonds is 1. The quantitative estimate of drug-likeness (QED) is 0.764. The maximum absolute atomic E-state index is 11.0. The van der Waals surface area contributed by atoms with Gasteiger partial charge in [-0.05, 0) is 53.9 Å². The molecule has 0 fully saturated rings. The van der Waals surface area contributed by atoms with Gasteiger partial charge in [0, 0.05) is 0 Å². The second-order valence-electron chi connectivity index (χ2n) is 4.03. The Hall–Kier alpha value is -1.59. The fourth-order valence-electron chi connectivity index (χ4n) is 1.89. The summed E-state index contributed by atoms with van der Waals surface area (Å²) in [6.45, 7) is 3.50. The zero-order valence-corrected chi connectivity index (χ0v) is 10.2. The van der Waals surface area contributed by atoms with Gasteiger partial charge in [0.25, 0.3) is 10.1 Å². The number of hydrogen-bond donors (Lipinski definition) is 2. The van der Waals surface area contributed by atoms with Crippen LogP contribution in [0.3, 0.4) is 0 Å². The summed E-state index contributed by atoms with van der Waals surface area (Å²) >= 11 is 0. The Bertz CT molecular complexity index is 702. The fraction of sp³-hybridized carbons (Fsp3) is 0.167. The second-order valence-corrected chi connectivity index (χ2v) is 5.45. The van der Waals surface area contributed by atoms with E-state index in [-0.39, 0.29) is 10.6 Å². The number of benzene rings is 2. The molecular weight excluding hydrogens is 240 g/mol. The minimum Gasteiger partial charge on any atom is -0.507 e. The third kappa shape index (κ3) is 1.99. The molecular formula is C12H12O4S. The first kappa shape index (κ1) is 11.9. The van der Waals surface area contributed by atoms with Gasteiger partial charge < -0.3 is 5.11 Å². The molecule has 2 rings (SSSR count). The van der Waals surface area contributed by atoms with E-state index in [1.165, 1.54) is 12.1 Å². The van der Waals surface area contributed by atoms with Gasteiger partial charge in [-0.2, -0.15) is 8.42 Å². The Balaban J connectivity index is 2.85. The Morgan fingerprint density at radius 2 is 1.76 bits per heavy atom. The standard InChI is InChI=1S/C12H12O4S/c1-7-5-9-6-10(17(14,15)16)3-4-11(9)8(2)12(7)13/h3-6,13H,1-2H3,(H,14,15,16). The van der Waals surface area contributed by atoms with Crippen molar-refractivity contribution in [3.05, 3.63) is 35.4 Å². The molecule has 4 nitrogen and oxygen atoms in total. The van der Waals surface area contributed by atoms with Crippen molar-refractivity contribution in [1.29, 1.82) is 0 Å². The van der Waals surface area contributed by atoms with Crippen LogP contribution in [0.4, 0.5) is 0 Å². The van der Waals surface area contributed by atoms with Crippen LogP contribution in [0.15, 0.2) is 29.2 Å². The van der Waals surface area contributed by atoms with E-state index in [4.69, 9.17) is 4.55 Å². The highest BCUT2D eigenvalue weighted by Crippen LogP contribution is 2.31. The van der Waals surface area contributed by atoms with E-state index in [1.807, 2.05) is 0 Å². The van der Waals surface area contributed by atoms with Crippen LogP contribution in [0.25, 0.3) is 10.8 Å². The third-order valence-electron chi connectivity index (χ3n) is 2.83. The smallest absolute Gasteiger partial charge is 0.294 e. The lowest BCUT2D eigenvalue weighted by Gasteiger charge is -2.08. The summed E-state index contributed by atoms with van der Waals surface area (Å²) in [4.78, 5) is -0.144. The Labute approximate surface area is 99.3 Å². The van der Waals surface area contributed by atoms with Crippen molar-refractivity contribution in [2.75, 3.05) is 0 Å². The van der Waals surface area contributed by atoms with Crippen molar-refractivity contribution < 1.29 is 18.1 Å². The number of hydrogen-bond acceptors (Lipinski definition) is 3. The van der Waals surface area contributed by atoms with E-state index in [1.54, 1.807) is 26.0 Å². The van der Waals surface area contributed by atoms with Gasteiger partial charge in [-0.25, -0.2) is 0 Å². The fourth-order valence-corrected chi connectivity index (χ4v) is 2.40. The average Bonchev–Trinajstić information content (AvgIpc) is 2.24. The van der Waals surface area contributed by atoms with E-state index < -0.39 is 10.1 Å². The van der Waals surface area contributed by atoms with Gasteiger partial charge in [-0.3, -0.25) is 4.55 Å². The summed E-state index contributed by atoms with van der Waals surface area (Å²) < 4.78 is 31.0. The zero-order chi connectivity index (χ0) is 12.8. The van der Waals surface area contributed by atoms with Crippen LogP contribution in [0.1, 0.15) is 11.1 Å². The number of phenols is 1. The molecule has 0 bridgehead atoms. The number of fused-ring (bicyclic) bond motifs is 1. The summed E-state index contributed by atoms with van der Waals surface area (Å²) in [5.74, 6) is 0.206. The zero-order valence-electron chi connectivity index (χ0n) is 9.43. The van der Waals surface area contributed by atoms with Crippen LogP contribution in [-0.2, 0) is 10.1 Å². The molecule has 5 heteroatoms. The van der Waals surface area contributed by atoms with Crippen LogP contribution in [0.2, 0.25) is 0 Å². The lowest BCUT2D eigenvalue weighted by Crippen LogP contribution is -1.97.